The number of hydrogen-bond acceptors (Lipinski definition) is 5. The fraction of sp³-hybridized carbons (Fsp3) is 0.0833. The van der Waals surface area contributed by atoms with Crippen LogP contribution in [0.4, 0.5) is 11.4 Å². The molecule has 7 heteroatoms. The molecule has 0 spiro atoms. The molecule has 0 fully saturated rings. The van der Waals surface area contributed by atoms with E-state index in [0.717, 1.165) is 0 Å². The van der Waals surface area contributed by atoms with Crippen LogP contribution in [0.25, 0.3) is 0 Å². The highest BCUT2D eigenvalue weighted by molar-refractivity contribution is 6.02. The van der Waals surface area contributed by atoms with Crippen molar-refractivity contribution in [2.75, 3.05) is 5.06 Å². The average Bonchev–Trinajstić information content (AvgIpc) is 2.84. The van der Waals surface area contributed by atoms with Crippen LogP contribution in [0.1, 0.15) is 16.3 Å². The number of carbonyl (C=O) groups is 1. The van der Waals surface area contributed by atoms with E-state index in [9.17, 15) is 20.1 Å². The molecule has 0 saturated carbocycles. The molecule has 2 rings (SSSR count). The number of aryl methyl sites for hydroxylation is 1. The molecular formula is C12H10N2O5. The summed E-state index contributed by atoms with van der Waals surface area (Å²) in [5.74, 6) is -0.222. The van der Waals surface area contributed by atoms with Crippen LogP contribution in [0.3, 0.4) is 0 Å². The summed E-state index contributed by atoms with van der Waals surface area (Å²) < 4.78 is 5.09. The molecule has 1 amide bonds. The number of non-ortho nitro benzene ring substituents is 1. The van der Waals surface area contributed by atoms with Gasteiger partial charge in [-0.25, -0.2) is 0 Å². The number of amides is 1. The predicted octanol–water partition coefficient (Wildman–Crippen LogP) is 2.53. The molecule has 0 saturated heterocycles. The third kappa shape index (κ3) is 2.61. The molecule has 0 aliphatic heterocycles. The van der Waals surface area contributed by atoms with E-state index in [1.165, 1.54) is 30.3 Å². The fourth-order valence-corrected chi connectivity index (χ4v) is 1.49. The Morgan fingerprint density at radius 3 is 2.37 bits per heavy atom. The Balaban J connectivity index is 2.21. The second kappa shape index (κ2) is 4.91. The summed E-state index contributed by atoms with van der Waals surface area (Å²) in [4.78, 5) is 21.7. The van der Waals surface area contributed by atoms with E-state index in [1.54, 1.807) is 13.0 Å². The van der Waals surface area contributed by atoms with Gasteiger partial charge in [0.15, 0.2) is 5.76 Å². The van der Waals surface area contributed by atoms with E-state index >= 15 is 0 Å². The van der Waals surface area contributed by atoms with Crippen molar-refractivity contribution in [3.8, 4) is 0 Å². The van der Waals surface area contributed by atoms with Crippen molar-refractivity contribution in [2.24, 2.45) is 0 Å². The third-order valence-corrected chi connectivity index (χ3v) is 2.45. The predicted molar refractivity (Wildman–Crippen MR) is 65.1 cm³/mol. The van der Waals surface area contributed by atoms with Gasteiger partial charge in [-0.3, -0.25) is 20.1 Å². The molecule has 98 valence electrons. The monoisotopic (exact) mass is 262 g/mol. The van der Waals surface area contributed by atoms with Gasteiger partial charge in [-0.1, -0.05) is 0 Å². The number of furan rings is 1. The number of hydroxylamine groups is 1. The molecule has 0 bridgehead atoms. The van der Waals surface area contributed by atoms with E-state index in [1.807, 2.05) is 0 Å². The SMILES string of the molecule is Cc1ccc(C(=O)N(O)c2ccc([N+](=O)[O-])cc2)o1. The maximum atomic E-state index is 11.8. The largest absolute Gasteiger partial charge is 0.456 e. The molecule has 19 heavy (non-hydrogen) atoms. The third-order valence-electron chi connectivity index (χ3n) is 2.45. The van der Waals surface area contributed by atoms with Gasteiger partial charge < -0.3 is 4.42 Å². The van der Waals surface area contributed by atoms with Gasteiger partial charge in [-0.15, -0.1) is 0 Å². The summed E-state index contributed by atoms with van der Waals surface area (Å²) in [5.41, 5.74) is -0.0110. The smallest absolute Gasteiger partial charge is 0.317 e. The first-order valence-corrected chi connectivity index (χ1v) is 5.33. The Bertz CT molecular complexity index is 617. The molecular weight excluding hydrogens is 252 g/mol. The highest BCUT2D eigenvalue weighted by Crippen LogP contribution is 2.20. The van der Waals surface area contributed by atoms with Gasteiger partial charge in [0, 0.05) is 12.1 Å². The van der Waals surface area contributed by atoms with Gasteiger partial charge in [0.05, 0.1) is 10.6 Å². The highest BCUT2D eigenvalue weighted by atomic mass is 16.6. The minimum atomic E-state index is -0.748. The van der Waals surface area contributed by atoms with Crippen molar-refractivity contribution in [1.29, 1.82) is 0 Å². The Kier molecular flexibility index (Phi) is 3.30. The lowest BCUT2D eigenvalue weighted by Crippen LogP contribution is -2.26. The van der Waals surface area contributed by atoms with Crippen LogP contribution in [-0.4, -0.2) is 16.0 Å². The van der Waals surface area contributed by atoms with Crippen molar-refractivity contribution in [2.45, 2.75) is 6.92 Å². The first kappa shape index (κ1) is 12.8. The summed E-state index contributed by atoms with van der Waals surface area (Å²) in [5, 5.41) is 20.6. The Morgan fingerprint density at radius 1 is 1.26 bits per heavy atom. The maximum absolute atomic E-state index is 11.8. The Labute approximate surface area is 107 Å². The summed E-state index contributed by atoms with van der Waals surface area (Å²) in [6, 6.07) is 7.96. The van der Waals surface area contributed by atoms with Crippen molar-refractivity contribution in [3.05, 3.63) is 58.0 Å². The topological polar surface area (TPSA) is 96.8 Å². The molecule has 1 heterocycles. The van der Waals surface area contributed by atoms with Crippen LogP contribution >= 0.6 is 0 Å². The van der Waals surface area contributed by atoms with Crippen molar-refractivity contribution < 1.29 is 19.3 Å². The molecule has 0 unspecified atom stereocenters. The lowest BCUT2D eigenvalue weighted by molar-refractivity contribution is -0.384. The van der Waals surface area contributed by atoms with Gasteiger partial charge in [0.25, 0.3) is 5.69 Å². The molecule has 2 aromatic rings. The number of carbonyl (C=O) groups excluding carboxylic acids is 1. The maximum Gasteiger partial charge on any atom is 0.317 e. The van der Waals surface area contributed by atoms with Crippen LogP contribution < -0.4 is 5.06 Å². The molecule has 1 N–H and O–H groups in total. The molecule has 0 aliphatic rings. The van der Waals surface area contributed by atoms with E-state index in [2.05, 4.69) is 0 Å². The van der Waals surface area contributed by atoms with Gasteiger partial charge >= 0.3 is 5.91 Å². The zero-order valence-corrected chi connectivity index (χ0v) is 9.94. The number of nitro benzene ring substituents is 1. The zero-order valence-electron chi connectivity index (χ0n) is 9.94. The van der Waals surface area contributed by atoms with Crippen LogP contribution in [0.5, 0.6) is 0 Å². The van der Waals surface area contributed by atoms with Crippen molar-refractivity contribution in [3.63, 3.8) is 0 Å². The van der Waals surface area contributed by atoms with Crippen LogP contribution in [0.2, 0.25) is 0 Å². The minimum Gasteiger partial charge on any atom is -0.456 e. The molecule has 0 radical (unpaired) electrons. The molecule has 0 atom stereocenters. The summed E-state index contributed by atoms with van der Waals surface area (Å²) in [7, 11) is 0. The van der Waals surface area contributed by atoms with Gasteiger partial charge in [0.1, 0.15) is 5.76 Å². The summed E-state index contributed by atoms with van der Waals surface area (Å²) >= 11 is 0. The van der Waals surface area contributed by atoms with E-state index in [0.29, 0.717) is 10.8 Å². The van der Waals surface area contributed by atoms with Crippen LogP contribution in [0, 0.1) is 17.0 Å². The normalized spacial score (nSPS) is 10.2. The van der Waals surface area contributed by atoms with Crippen molar-refractivity contribution in [1.82, 2.24) is 0 Å². The number of anilines is 1. The number of hydrogen-bond donors (Lipinski definition) is 1. The molecule has 7 nitrogen and oxygen atoms in total. The zero-order chi connectivity index (χ0) is 14.0. The first-order chi connectivity index (χ1) is 8.99. The number of benzene rings is 1. The second-order valence-electron chi connectivity index (χ2n) is 3.80. The van der Waals surface area contributed by atoms with Crippen LogP contribution in [0.15, 0.2) is 40.8 Å². The summed E-state index contributed by atoms with van der Waals surface area (Å²) in [6.07, 6.45) is 0. The number of rotatable bonds is 3. The van der Waals surface area contributed by atoms with Gasteiger partial charge in [-0.05, 0) is 31.2 Å². The quantitative estimate of drug-likeness (QED) is 0.520. The average molecular weight is 262 g/mol. The Morgan fingerprint density at radius 2 is 1.89 bits per heavy atom. The Hall–Kier alpha value is -2.67. The molecule has 1 aromatic heterocycles. The lowest BCUT2D eigenvalue weighted by atomic mass is 10.2. The molecule has 0 aliphatic carbocycles. The number of nitrogens with zero attached hydrogens (tertiary/aromatic N) is 2. The van der Waals surface area contributed by atoms with Crippen molar-refractivity contribution >= 4 is 17.3 Å². The van der Waals surface area contributed by atoms with Gasteiger partial charge in [0.2, 0.25) is 0 Å². The molecule has 1 aromatic carbocycles. The lowest BCUT2D eigenvalue weighted by Gasteiger charge is -2.12. The second-order valence-corrected chi connectivity index (χ2v) is 3.80. The summed E-state index contributed by atoms with van der Waals surface area (Å²) in [6.45, 7) is 1.67. The number of nitro groups is 1. The van der Waals surface area contributed by atoms with Gasteiger partial charge in [-0.2, -0.15) is 5.06 Å². The first-order valence-electron chi connectivity index (χ1n) is 5.33. The highest BCUT2D eigenvalue weighted by Gasteiger charge is 2.19. The van der Waals surface area contributed by atoms with E-state index in [-0.39, 0.29) is 17.1 Å². The van der Waals surface area contributed by atoms with Crippen LogP contribution in [-0.2, 0) is 0 Å². The van der Waals surface area contributed by atoms with E-state index in [4.69, 9.17) is 4.42 Å². The fourth-order valence-electron chi connectivity index (χ4n) is 1.49. The minimum absolute atomic E-state index is 0.0154. The standard InChI is InChI=1S/C12H10N2O5/c1-8-2-7-11(19-8)12(15)13(16)9-3-5-10(6-4-9)14(17)18/h2-7,16H,1H3. The van der Waals surface area contributed by atoms with E-state index < -0.39 is 10.8 Å².